The molecule has 0 radical (unpaired) electrons. The van der Waals surface area contributed by atoms with Crippen molar-refractivity contribution in [2.45, 2.75) is 25.0 Å². The zero-order valence-electron chi connectivity index (χ0n) is 10.4. The van der Waals surface area contributed by atoms with Crippen molar-refractivity contribution in [1.29, 1.82) is 0 Å². The molecular formula is C16H20O2. The molecule has 0 aromatic heterocycles. The molecule has 2 heteroatoms. The highest BCUT2D eigenvalue weighted by molar-refractivity contribution is 5.33. The molecule has 7 aliphatic carbocycles. The minimum Gasteiger partial charge on any atom is -0.393 e. The summed E-state index contributed by atoms with van der Waals surface area (Å²) in [5, 5.41) is 21.6. The molecule has 0 spiro atoms. The summed E-state index contributed by atoms with van der Waals surface area (Å²) in [6.07, 6.45) is 2.67. The molecule has 0 amide bonds. The van der Waals surface area contributed by atoms with E-state index in [1.54, 1.807) is 0 Å². The van der Waals surface area contributed by atoms with Crippen molar-refractivity contribution in [3.05, 3.63) is 0 Å². The smallest absolute Gasteiger partial charge is 0.0608 e. The fraction of sp³-hybridized carbons (Fsp3) is 1.00. The van der Waals surface area contributed by atoms with Gasteiger partial charge in [0.15, 0.2) is 0 Å². The second-order valence-corrected chi connectivity index (χ2v) is 8.66. The zero-order chi connectivity index (χ0) is 11.5. The van der Waals surface area contributed by atoms with Crippen LogP contribution in [0.25, 0.3) is 0 Å². The first kappa shape index (κ1) is 8.97. The summed E-state index contributed by atoms with van der Waals surface area (Å²) in [5.74, 6) is 9.38. The first-order valence-corrected chi connectivity index (χ1v) is 8.17. The number of aliphatic hydroxyl groups excluding tert-OH is 2. The first-order chi connectivity index (χ1) is 8.80. The topological polar surface area (TPSA) is 40.5 Å². The van der Waals surface area contributed by atoms with E-state index in [0.717, 1.165) is 47.3 Å². The van der Waals surface area contributed by atoms with Crippen LogP contribution in [0.4, 0.5) is 0 Å². The molecule has 0 saturated heterocycles. The molecule has 14 atom stereocenters. The van der Waals surface area contributed by atoms with Crippen LogP contribution in [0.1, 0.15) is 12.8 Å². The van der Waals surface area contributed by atoms with E-state index in [1.165, 1.54) is 12.8 Å². The molecule has 18 heavy (non-hydrogen) atoms. The van der Waals surface area contributed by atoms with Crippen LogP contribution in [0, 0.1) is 71.0 Å². The van der Waals surface area contributed by atoms with Crippen LogP contribution in [0.2, 0.25) is 0 Å². The molecule has 0 bridgehead atoms. The van der Waals surface area contributed by atoms with Gasteiger partial charge >= 0.3 is 0 Å². The van der Waals surface area contributed by atoms with E-state index in [2.05, 4.69) is 0 Å². The van der Waals surface area contributed by atoms with E-state index in [1.807, 2.05) is 0 Å². The third-order valence-electron chi connectivity index (χ3n) is 9.28. The highest BCUT2D eigenvalue weighted by Gasteiger charge is 2.86. The Bertz CT molecular complexity index is 431. The molecule has 7 fully saturated rings. The maximum Gasteiger partial charge on any atom is 0.0608 e. The summed E-state index contributed by atoms with van der Waals surface area (Å²) in [7, 11) is 0. The summed E-state index contributed by atoms with van der Waals surface area (Å²) in [6.45, 7) is 0. The third-order valence-corrected chi connectivity index (χ3v) is 9.28. The fourth-order valence-corrected chi connectivity index (χ4v) is 9.73. The first-order valence-electron chi connectivity index (χ1n) is 8.17. The number of hydrogen-bond acceptors (Lipinski definition) is 2. The van der Waals surface area contributed by atoms with Gasteiger partial charge in [-0.1, -0.05) is 0 Å². The van der Waals surface area contributed by atoms with Crippen LogP contribution in [-0.2, 0) is 0 Å². The highest BCUT2D eigenvalue weighted by Crippen LogP contribution is 2.87. The lowest BCUT2D eigenvalue weighted by Crippen LogP contribution is -2.49. The maximum absolute atomic E-state index is 10.8. The van der Waals surface area contributed by atoms with E-state index in [4.69, 9.17) is 0 Å². The largest absolute Gasteiger partial charge is 0.393 e. The molecule has 0 aromatic carbocycles. The molecule has 0 heterocycles. The molecular weight excluding hydrogens is 224 g/mol. The summed E-state index contributed by atoms with van der Waals surface area (Å²) in [5.41, 5.74) is 0. The normalized spacial score (nSPS) is 87.0. The van der Waals surface area contributed by atoms with Gasteiger partial charge in [0.25, 0.3) is 0 Å². The molecule has 0 aromatic rings. The number of fused-ring (bicyclic) bond motifs is 3. The van der Waals surface area contributed by atoms with Crippen LogP contribution in [0.15, 0.2) is 0 Å². The Morgan fingerprint density at radius 1 is 0.444 bits per heavy atom. The molecule has 96 valence electrons. The maximum atomic E-state index is 10.8. The molecule has 7 saturated carbocycles. The predicted octanol–water partition coefficient (Wildman–Crippen LogP) is 0.978. The molecule has 2 unspecified atom stereocenters. The second-order valence-electron chi connectivity index (χ2n) is 8.66. The average Bonchev–Trinajstić information content (AvgIpc) is 2.98. The lowest BCUT2D eigenvalue weighted by Gasteiger charge is -2.47. The SMILES string of the molecule is O[C@@H]1[C@@H]2[C@H]3[C@H](O)[C@H]4[C@H]5C6C7[C@H]4CC[C@@H]7[C@H]1[C@@H]6[C@H]2[C@@H]53. The standard InChI is InChI=1S/C16H20O2/c17-15-6-3-1-2-4-5(3)8-9(6)11-12-10(8)7(4)16(18)14(12)13(11)15/h3-18H,1-2H2/t3-,4+,5?,6-,7+,8?,9-,10-,11-,12+,13-,14-,15-,16+/m0/s1. The Kier molecular flexibility index (Phi) is 1.11. The number of rotatable bonds is 0. The summed E-state index contributed by atoms with van der Waals surface area (Å²) < 4.78 is 0. The Balaban J connectivity index is 1.58. The van der Waals surface area contributed by atoms with Gasteiger partial charge in [-0.25, -0.2) is 0 Å². The summed E-state index contributed by atoms with van der Waals surface area (Å²) in [6, 6.07) is 0. The van der Waals surface area contributed by atoms with Crippen molar-refractivity contribution in [3.8, 4) is 0 Å². The van der Waals surface area contributed by atoms with Gasteiger partial charge in [0.1, 0.15) is 0 Å². The minimum absolute atomic E-state index is 0.0371. The van der Waals surface area contributed by atoms with Gasteiger partial charge in [-0.15, -0.1) is 0 Å². The van der Waals surface area contributed by atoms with Gasteiger partial charge in [0.2, 0.25) is 0 Å². The minimum atomic E-state index is -0.0371. The quantitative estimate of drug-likeness (QED) is 0.667. The Hall–Kier alpha value is -0.0800. The van der Waals surface area contributed by atoms with E-state index >= 15 is 0 Å². The lowest BCUT2D eigenvalue weighted by atomic mass is 9.59. The Labute approximate surface area is 107 Å². The molecule has 2 N–H and O–H groups in total. The zero-order valence-corrected chi connectivity index (χ0v) is 10.4. The predicted molar refractivity (Wildman–Crippen MR) is 63.1 cm³/mol. The van der Waals surface area contributed by atoms with E-state index in [9.17, 15) is 10.2 Å². The Morgan fingerprint density at radius 3 is 1.33 bits per heavy atom. The average molecular weight is 244 g/mol. The van der Waals surface area contributed by atoms with Gasteiger partial charge < -0.3 is 10.2 Å². The number of aliphatic hydroxyl groups is 2. The molecule has 7 aliphatic rings. The van der Waals surface area contributed by atoms with Crippen molar-refractivity contribution in [1.82, 2.24) is 0 Å². The van der Waals surface area contributed by atoms with Gasteiger partial charge in [-0.2, -0.15) is 0 Å². The van der Waals surface area contributed by atoms with Crippen LogP contribution in [-0.4, -0.2) is 22.4 Å². The summed E-state index contributed by atoms with van der Waals surface area (Å²) in [4.78, 5) is 0. The van der Waals surface area contributed by atoms with Gasteiger partial charge in [-0.3, -0.25) is 0 Å². The summed E-state index contributed by atoms with van der Waals surface area (Å²) >= 11 is 0. The highest BCUT2D eigenvalue weighted by atomic mass is 16.3. The van der Waals surface area contributed by atoms with E-state index < -0.39 is 0 Å². The van der Waals surface area contributed by atoms with E-state index in [-0.39, 0.29) is 12.2 Å². The monoisotopic (exact) mass is 244 g/mol. The molecule has 7 rings (SSSR count). The van der Waals surface area contributed by atoms with Crippen molar-refractivity contribution in [2.75, 3.05) is 0 Å². The van der Waals surface area contributed by atoms with Gasteiger partial charge in [0.05, 0.1) is 12.2 Å². The fourth-order valence-electron chi connectivity index (χ4n) is 9.73. The van der Waals surface area contributed by atoms with Gasteiger partial charge in [0, 0.05) is 0 Å². The molecule has 0 aliphatic heterocycles. The lowest BCUT2D eigenvalue weighted by molar-refractivity contribution is -0.0896. The van der Waals surface area contributed by atoms with Crippen LogP contribution in [0.5, 0.6) is 0 Å². The van der Waals surface area contributed by atoms with Crippen molar-refractivity contribution in [3.63, 3.8) is 0 Å². The van der Waals surface area contributed by atoms with E-state index in [0.29, 0.717) is 23.7 Å². The number of hydrogen-bond donors (Lipinski definition) is 2. The van der Waals surface area contributed by atoms with Gasteiger partial charge in [-0.05, 0) is 83.9 Å². The second kappa shape index (κ2) is 2.22. The van der Waals surface area contributed by atoms with Crippen LogP contribution in [0.3, 0.4) is 0 Å². The molecule has 2 nitrogen and oxygen atoms in total. The Morgan fingerprint density at radius 2 is 0.833 bits per heavy atom. The van der Waals surface area contributed by atoms with Crippen LogP contribution >= 0.6 is 0 Å². The van der Waals surface area contributed by atoms with Crippen molar-refractivity contribution in [2.24, 2.45) is 71.0 Å². The third kappa shape index (κ3) is 0.541. The van der Waals surface area contributed by atoms with Crippen molar-refractivity contribution >= 4 is 0 Å². The van der Waals surface area contributed by atoms with Crippen LogP contribution < -0.4 is 0 Å². The van der Waals surface area contributed by atoms with Crippen molar-refractivity contribution < 1.29 is 10.2 Å².